The monoisotopic (exact) mass is 304 g/mol. The van der Waals surface area contributed by atoms with E-state index in [9.17, 15) is 4.79 Å². The molecule has 0 saturated carbocycles. The van der Waals surface area contributed by atoms with Gasteiger partial charge in [0.2, 0.25) is 5.91 Å². The van der Waals surface area contributed by atoms with Crippen molar-refractivity contribution in [3.8, 4) is 11.3 Å². The zero-order chi connectivity index (χ0) is 16.1. The van der Waals surface area contributed by atoms with E-state index in [2.05, 4.69) is 15.5 Å². The second-order valence-corrected chi connectivity index (χ2v) is 5.08. The van der Waals surface area contributed by atoms with Crippen LogP contribution in [0.2, 0.25) is 0 Å². The van der Waals surface area contributed by atoms with Gasteiger partial charge in [-0.15, -0.1) is 10.2 Å². The Morgan fingerprint density at radius 2 is 1.65 bits per heavy atom. The molecule has 0 aliphatic carbocycles. The molecule has 3 rings (SSSR count). The predicted molar refractivity (Wildman–Crippen MR) is 89.8 cm³/mol. The van der Waals surface area contributed by atoms with Crippen LogP contribution in [-0.4, -0.2) is 16.1 Å². The van der Waals surface area contributed by atoms with Gasteiger partial charge in [0.25, 0.3) is 0 Å². The van der Waals surface area contributed by atoms with Gasteiger partial charge in [0, 0.05) is 17.7 Å². The molecule has 0 unspecified atom stereocenters. The lowest BCUT2D eigenvalue weighted by atomic mass is 10.1. The maximum absolute atomic E-state index is 11.0. The summed E-state index contributed by atoms with van der Waals surface area (Å²) in [5, 5.41) is 11.6. The van der Waals surface area contributed by atoms with Crippen molar-refractivity contribution in [1.82, 2.24) is 10.2 Å². The molecule has 0 radical (unpaired) electrons. The number of hydrogen-bond acceptors (Lipinski definition) is 4. The highest BCUT2D eigenvalue weighted by Gasteiger charge is 2.02. The van der Waals surface area contributed by atoms with Crippen molar-refractivity contribution < 1.29 is 4.79 Å². The van der Waals surface area contributed by atoms with Crippen molar-refractivity contribution >= 4 is 11.7 Å². The van der Waals surface area contributed by atoms with Gasteiger partial charge in [-0.25, -0.2) is 0 Å². The van der Waals surface area contributed by atoms with Crippen molar-refractivity contribution in [3.63, 3.8) is 0 Å². The fourth-order valence-corrected chi connectivity index (χ4v) is 2.17. The fraction of sp³-hybridized carbons (Fsp3) is 0.0556. The Balaban J connectivity index is 1.63. The van der Waals surface area contributed by atoms with Gasteiger partial charge in [-0.05, 0) is 29.8 Å². The molecule has 0 fully saturated rings. The average molecular weight is 304 g/mol. The number of primary amides is 1. The first-order valence-electron chi connectivity index (χ1n) is 7.24. The Labute approximate surface area is 134 Å². The molecule has 2 aromatic carbocycles. The summed E-state index contributed by atoms with van der Waals surface area (Å²) in [6.07, 6.45) is 0. The van der Waals surface area contributed by atoms with E-state index in [0.717, 1.165) is 16.8 Å². The molecule has 0 spiro atoms. The number of hydrogen-bond donors (Lipinski definition) is 2. The number of nitrogens with one attached hydrogen (secondary N) is 1. The molecule has 3 N–H and O–H groups in total. The maximum atomic E-state index is 11.0. The molecule has 0 bridgehead atoms. The quantitative estimate of drug-likeness (QED) is 0.759. The lowest BCUT2D eigenvalue weighted by Gasteiger charge is -2.06. The van der Waals surface area contributed by atoms with Gasteiger partial charge < -0.3 is 11.1 Å². The van der Waals surface area contributed by atoms with Crippen molar-refractivity contribution in [2.24, 2.45) is 5.73 Å². The Bertz CT molecular complexity index is 784. The second-order valence-electron chi connectivity index (χ2n) is 5.08. The van der Waals surface area contributed by atoms with Crippen LogP contribution in [0.4, 0.5) is 5.82 Å². The molecule has 1 heterocycles. The van der Waals surface area contributed by atoms with E-state index in [1.165, 1.54) is 0 Å². The van der Waals surface area contributed by atoms with Crippen LogP contribution >= 0.6 is 0 Å². The summed E-state index contributed by atoms with van der Waals surface area (Å²) in [7, 11) is 0. The third kappa shape index (κ3) is 3.71. The van der Waals surface area contributed by atoms with E-state index < -0.39 is 5.91 Å². The van der Waals surface area contributed by atoms with E-state index in [0.29, 0.717) is 17.9 Å². The molecule has 0 atom stereocenters. The Morgan fingerprint density at radius 3 is 2.26 bits per heavy atom. The van der Waals surface area contributed by atoms with Gasteiger partial charge in [-0.1, -0.05) is 42.5 Å². The molecule has 5 heteroatoms. The summed E-state index contributed by atoms with van der Waals surface area (Å²) in [6, 6.07) is 20.9. The summed E-state index contributed by atoms with van der Waals surface area (Å²) >= 11 is 0. The number of carbonyl (C=O) groups is 1. The first kappa shape index (κ1) is 14.7. The average Bonchev–Trinajstić information content (AvgIpc) is 2.61. The van der Waals surface area contributed by atoms with Crippen molar-refractivity contribution in [3.05, 3.63) is 77.9 Å². The molecule has 3 aromatic rings. The van der Waals surface area contributed by atoms with Gasteiger partial charge in [0.05, 0.1) is 5.69 Å². The van der Waals surface area contributed by atoms with Crippen molar-refractivity contribution in [1.29, 1.82) is 0 Å². The minimum atomic E-state index is -0.424. The number of anilines is 1. The number of aromatic nitrogens is 2. The van der Waals surface area contributed by atoms with Crippen LogP contribution in [0.15, 0.2) is 66.7 Å². The number of nitrogens with zero attached hydrogens (tertiary/aromatic N) is 2. The van der Waals surface area contributed by atoms with E-state index >= 15 is 0 Å². The van der Waals surface area contributed by atoms with Gasteiger partial charge in [0.15, 0.2) is 0 Å². The first-order valence-corrected chi connectivity index (χ1v) is 7.24. The van der Waals surface area contributed by atoms with E-state index in [-0.39, 0.29) is 0 Å². The van der Waals surface area contributed by atoms with Gasteiger partial charge >= 0.3 is 0 Å². The zero-order valence-electron chi connectivity index (χ0n) is 12.4. The van der Waals surface area contributed by atoms with Crippen molar-refractivity contribution in [2.75, 3.05) is 5.32 Å². The van der Waals surface area contributed by atoms with Crippen LogP contribution in [0.5, 0.6) is 0 Å². The van der Waals surface area contributed by atoms with Crippen LogP contribution in [-0.2, 0) is 6.54 Å². The molecule has 114 valence electrons. The summed E-state index contributed by atoms with van der Waals surface area (Å²) in [5.74, 6) is 0.274. The minimum Gasteiger partial charge on any atom is -0.366 e. The summed E-state index contributed by atoms with van der Waals surface area (Å²) in [4.78, 5) is 11.0. The first-order chi connectivity index (χ1) is 11.2. The number of nitrogens with two attached hydrogens (primary N) is 1. The van der Waals surface area contributed by atoms with E-state index in [4.69, 9.17) is 5.73 Å². The topological polar surface area (TPSA) is 80.9 Å². The molecule has 0 aliphatic heterocycles. The Morgan fingerprint density at radius 1 is 0.913 bits per heavy atom. The SMILES string of the molecule is NC(=O)c1ccc(CNc2ccc(-c3ccccc3)nn2)cc1. The largest absolute Gasteiger partial charge is 0.366 e. The molecule has 1 aromatic heterocycles. The van der Waals surface area contributed by atoms with E-state index in [1.54, 1.807) is 12.1 Å². The Hall–Kier alpha value is -3.21. The number of rotatable bonds is 5. The third-order valence-electron chi connectivity index (χ3n) is 3.45. The Kier molecular flexibility index (Phi) is 4.29. The zero-order valence-corrected chi connectivity index (χ0v) is 12.4. The lowest BCUT2D eigenvalue weighted by Crippen LogP contribution is -2.11. The molecule has 1 amide bonds. The summed E-state index contributed by atoms with van der Waals surface area (Å²) in [6.45, 7) is 0.596. The summed E-state index contributed by atoms with van der Waals surface area (Å²) < 4.78 is 0. The maximum Gasteiger partial charge on any atom is 0.248 e. The number of amides is 1. The summed E-state index contributed by atoms with van der Waals surface area (Å²) in [5.41, 5.74) is 8.62. The smallest absolute Gasteiger partial charge is 0.248 e. The fourth-order valence-electron chi connectivity index (χ4n) is 2.17. The predicted octanol–water partition coefficient (Wildman–Crippen LogP) is 2.85. The molecule has 5 nitrogen and oxygen atoms in total. The van der Waals surface area contributed by atoms with Gasteiger partial charge in [0.1, 0.15) is 5.82 Å². The number of carbonyl (C=O) groups excluding carboxylic acids is 1. The molecular weight excluding hydrogens is 288 g/mol. The molecular formula is C18H16N4O. The highest BCUT2D eigenvalue weighted by molar-refractivity contribution is 5.92. The van der Waals surface area contributed by atoms with Crippen LogP contribution in [0, 0.1) is 0 Å². The molecule has 23 heavy (non-hydrogen) atoms. The third-order valence-corrected chi connectivity index (χ3v) is 3.45. The van der Waals surface area contributed by atoms with Crippen LogP contribution in [0.1, 0.15) is 15.9 Å². The highest BCUT2D eigenvalue weighted by atomic mass is 16.1. The van der Waals surface area contributed by atoms with Gasteiger partial charge in [-0.2, -0.15) is 0 Å². The molecule has 0 saturated heterocycles. The normalized spacial score (nSPS) is 10.3. The van der Waals surface area contributed by atoms with Crippen molar-refractivity contribution in [2.45, 2.75) is 6.54 Å². The minimum absolute atomic E-state index is 0.424. The lowest BCUT2D eigenvalue weighted by molar-refractivity contribution is 0.100. The van der Waals surface area contributed by atoms with Gasteiger partial charge in [-0.3, -0.25) is 4.79 Å². The van der Waals surface area contributed by atoms with Crippen LogP contribution < -0.4 is 11.1 Å². The van der Waals surface area contributed by atoms with Crippen LogP contribution in [0.3, 0.4) is 0 Å². The highest BCUT2D eigenvalue weighted by Crippen LogP contribution is 2.16. The standard InChI is InChI=1S/C18H16N4O/c19-18(23)15-8-6-13(7-9-15)12-20-17-11-10-16(21-22-17)14-4-2-1-3-5-14/h1-11H,12H2,(H2,19,23)(H,20,22). The van der Waals surface area contributed by atoms with Crippen LogP contribution in [0.25, 0.3) is 11.3 Å². The second kappa shape index (κ2) is 6.70. The number of benzene rings is 2. The molecule has 0 aliphatic rings. The van der Waals surface area contributed by atoms with E-state index in [1.807, 2.05) is 54.6 Å².